The van der Waals surface area contributed by atoms with Gasteiger partial charge in [0, 0.05) is 18.8 Å². The summed E-state index contributed by atoms with van der Waals surface area (Å²) in [5.74, 6) is -0.833. The monoisotopic (exact) mass is 356 g/mol. The Balaban J connectivity index is 2.38. The number of aliphatic carboxylic acids is 1. The van der Waals surface area contributed by atoms with E-state index in [4.69, 9.17) is 5.11 Å². The Hall–Kier alpha value is -0.910. The Bertz CT molecular complexity index is 396. The van der Waals surface area contributed by atoms with E-state index in [1.165, 1.54) is 0 Å². The van der Waals surface area contributed by atoms with Crippen molar-refractivity contribution in [1.82, 2.24) is 0 Å². The van der Waals surface area contributed by atoms with E-state index in [1.807, 2.05) is 6.08 Å². The van der Waals surface area contributed by atoms with Crippen LogP contribution in [0, 0.1) is 11.8 Å². The average Bonchev–Trinajstić information content (AvgIpc) is 2.82. The molecule has 1 aliphatic carbocycles. The Morgan fingerprint density at radius 2 is 1.80 bits per heavy atom. The molecule has 0 aromatic heterocycles. The number of carbonyl (C=O) groups is 1. The van der Waals surface area contributed by atoms with Crippen molar-refractivity contribution in [2.24, 2.45) is 11.8 Å². The number of hydrogen-bond donors (Lipinski definition) is 4. The van der Waals surface area contributed by atoms with Crippen LogP contribution in [0.15, 0.2) is 12.2 Å². The smallest absolute Gasteiger partial charge is 0.303 e. The second kappa shape index (κ2) is 12.4. The van der Waals surface area contributed by atoms with Crippen LogP contribution in [0.3, 0.4) is 0 Å². The van der Waals surface area contributed by atoms with Crippen LogP contribution in [0.5, 0.6) is 0 Å². The summed E-state index contributed by atoms with van der Waals surface area (Å²) in [7, 11) is 0. The van der Waals surface area contributed by atoms with Gasteiger partial charge in [0.15, 0.2) is 0 Å². The third-order valence-electron chi connectivity index (χ3n) is 5.25. The summed E-state index contributed by atoms with van der Waals surface area (Å²) >= 11 is 0. The fourth-order valence-electron chi connectivity index (χ4n) is 3.74. The zero-order valence-electron chi connectivity index (χ0n) is 15.5. The van der Waals surface area contributed by atoms with E-state index in [2.05, 4.69) is 6.92 Å². The molecule has 1 saturated carbocycles. The van der Waals surface area contributed by atoms with Crippen molar-refractivity contribution in [3.8, 4) is 0 Å². The molecular weight excluding hydrogens is 320 g/mol. The number of hydrogen-bond acceptors (Lipinski definition) is 4. The first-order valence-corrected chi connectivity index (χ1v) is 9.90. The van der Waals surface area contributed by atoms with Crippen LogP contribution < -0.4 is 0 Å². The van der Waals surface area contributed by atoms with Crippen molar-refractivity contribution in [2.75, 3.05) is 0 Å². The molecule has 0 unspecified atom stereocenters. The topological polar surface area (TPSA) is 98.0 Å². The van der Waals surface area contributed by atoms with Gasteiger partial charge in [0.05, 0.1) is 18.3 Å². The summed E-state index contributed by atoms with van der Waals surface area (Å²) in [5, 5.41) is 39.0. The summed E-state index contributed by atoms with van der Waals surface area (Å²) in [4.78, 5) is 10.5. The quantitative estimate of drug-likeness (QED) is 0.300. The largest absolute Gasteiger partial charge is 0.481 e. The Kier molecular flexibility index (Phi) is 11.0. The highest BCUT2D eigenvalue weighted by atomic mass is 16.4. The third-order valence-corrected chi connectivity index (χ3v) is 5.25. The molecule has 0 aromatic rings. The van der Waals surface area contributed by atoms with Gasteiger partial charge < -0.3 is 20.4 Å². The van der Waals surface area contributed by atoms with Crippen LogP contribution in [-0.4, -0.2) is 44.7 Å². The van der Waals surface area contributed by atoms with Crippen LogP contribution in [0.4, 0.5) is 0 Å². The van der Waals surface area contributed by atoms with Gasteiger partial charge in [0.25, 0.3) is 0 Å². The number of aliphatic hydroxyl groups excluding tert-OH is 3. The van der Waals surface area contributed by atoms with Gasteiger partial charge in [-0.05, 0) is 25.2 Å². The van der Waals surface area contributed by atoms with Gasteiger partial charge in [-0.2, -0.15) is 0 Å². The zero-order valence-corrected chi connectivity index (χ0v) is 15.5. The van der Waals surface area contributed by atoms with Crippen LogP contribution in [0.25, 0.3) is 0 Å². The molecule has 0 aliphatic heterocycles. The van der Waals surface area contributed by atoms with Crippen molar-refractivity contribution >= 4 is 5.97 Å². The van der Waals surface area contributed by atoms with Crippen molar-refractivity contribution in [3.05, 3.63) is 12.2 Å². The first kappa shape index (κ1) is 22.1. The van der Waals surface area contributed by atoms with E-state index in [-0.39, 0.29) is 18.3 Å². The van der Waals surface area contributed by atoms with Crippen LogP contribution in [0.1, 0.15) is 77.6 Å². The molecule has 0 amide bonds. The molecule has 5 heteroatoms. The standard InChI is InChI=1S/C20H36O5/c1-2-3-6-9-15(21)12-13-17-16(18(22)14-19(17)23)10-7-4-5-8-11-20(24)25/h12-13,15-19,21-23H,2-11,14H2,1H3,(H,24,25)/b13-12-/t15-,16-,17+,18-,19+/m0/s1. The fourth-order valence-corrected chi connectivity index (χ4v) is 3.74. The molecule has 5 atom stereocenters. The molecule has 1 rings (SSSR count). The number of aliphatic hydroxyl groups is 3. The minimum Gasteiger partial charge on any atom is -0.481 e. The van der Waals surface area contributed by atoms with Gasteiger partial charge in [-0.3, -0.25) is 4.79 Å². The molecule has 0 spiro atoms. The summed E-state index contributed by atoms with van der Waals surface area (Å²) < 4.78 is 0. The first-order chi connectivity index (χ1) is 12.0. The van der Waals surface area contributed by atoms with E-state index in [0.717, 1.165) is 51.4 Å². The first-order valence-electron chi connectivity index (χ1n) is 9.90. The van der Waals surface area contributed by atoms with Crippen LogP contribution in [0.2, 0.25) is 0 Å². The Labute approximate surface area is 151 Å². The fraction of sp³-hybridized carbons (Fsp3) is 0.850. The molecule has 0 aromatic carbocycles. The zero-order chi connectivity index (χ0) is 18.7. The highest BCUT2D eigenvalue weighted by molar-refractivity contribution is 5.66. The maximum absolute atomic E-state index is 10.5. The molecule has 4 N–H and O–H groups in total. The van der Waals surface area contributed by atoms with E-state index in [1.54, 1.807) is 6.08 Å². The van der Waals surface area contributed by atoms with Crippen molar-refractivity contribution in [1.29, 1.82) is 0 Å². The lowest BCUT2D eigenvalue weighted by atomic mass is 9.88. The second-order valence-corrected chi connectivity index (χ2v) is 7.41. The Morgan fingerprint density at radius 3 is 2.48 bits per heavy atom. The van der Waals surface area contributed by atoms with E-state index in [0.29, 0.717) is 12.8 Å². The number of carboxylic acids is 1. The normalized spacial score (nSPS) is 27.8. The summed E-state index contributed by atoms with van der Waals surface area (Å²) in [6, 6.07) is 0. The van der Waals surface area contributed by atoms with Crippen LogP contribution in [-0.2, 0) is 4.79 Å². The maximum atomic E-state index is 10.5. The minimum absolute atomic E-state index is 0.0218. The highest BCUT2D eigenvalue weighted by Gasteiger charge is 2.39. The molecule has 0 heterocycles. The summed E-state index contributed by atoms with van der Waals surface area (Å²) in [5.41, 5.74) is 0. The average molecular weight is 357 g/mol. The number of unbranched alkanes of at least 4 members (excludes halogenated alkanes) is 5. The maximum Gasteiger partial charge on any atom is 0.303 e. The third kappa shape index (κ3) is 8.84. The summed E-state index contributed by atoms with van der Waals surface area (Å²) in [6.07, 6.45) is 11.0. The lowest BCUT2D eigenvalue weighted by Crippen LogP contribution is -2.21. The lowest BCUT2D eigenvalue weighted by molar-refractivity contribution is -0.137. The molecule has 25 heavy (non-hydrogen) atoms. The molecular formula is C20H36O5. The van der Waals surface area contributed by atoms with Gasteiger partial charge in [0.2, 0.25) is 0 Å². The van der Waals surface area contributed by atoms with E-state index >= 15 is 0 Å². The van der Waals surface area contributed by atoms with E-state index in [9.17, 15) is 20.1 Å². The highest BCUT2D eigenvalue weighted by Crippen LogP contribution is 2.37. The summed E-state index contributed by atoms with van der Waals surface area (Å²) in [6.45, 7) is 2.13. The molecule has 0 saturated heterocycles. The van der Waals surface area contributed by atoms with Crippen molar-refractivity contribution in [2.45, 2.75) is 95.9 Å². The molecule has 0 bridgehead atoms. The molecule has 1 aliphatic rings. The SMILES string of the molecule is CCCCC[C@H](O)/C=C\[C@@H]1[C@H](CCCCCCC(=O)O)[C@@H](O)C[C@H]1O. The van der Waals surface area contributed by atoms with Crippen LogP contribution >= 0.6 is 0 Å². The van der Waals surface area contributed by atoms with Crippen molar-refractivity contribution < 1.29 is 25.2 Å². The number of rotatable bonds is 13. The molecule has 5 nitrogen and oxygen atoms in total. The number of carboxylic acid groups (broad SMARTS) is 1. The lowest BCUT2D eigenvalue weighted by Gasteiger charge is -2.21. The Morgan fingerprint density at radius 1 is 1.08 bits per heavy atom. The van der Waals surface area contributed by atoms with Gasteiger partial charge in [-0.25, -0.2) is 0 Å². The molecule has 0 radical (unpaired) electrons. The van der Waals surface area contributed by atoms with Gasteiger partial charge in [-0.15, -0.1) is 0 Å². The molecule has 1 fully saturated rings. The van der Waals surface area contributed by atoms with Crippen molar-refractivity contribution in [3.63, 3.8) is 0 Å². The van der Waals surface area contributed by atoms with Gasteiger partial charge in [0.1, 0.15) is 0 Å². The van der Waals surface area contributed by atoms with E-state index < -0.39 is 24.3 Å². The minimum atomic E-state index is -0.753. The predicted molar refractivity (Wildman–Crippen MR) is 98.2 cm³/mol. The van der Waals surface area contributed by atoms with Gasteiger partial charge >= 0.3 is 5.97 Å². The van der Waals surface area contributed by atoms with Gasteiger partial charge in [-0.1, -0.05) is 57.6 Å². The second-order valence-electron chi connectivity index (χ2n) is 7.41. The molecule has 146 valence electrons. The predicted octanol–water partition coefficient (Wildman–Crippen LogP) is 3.27.